The number of carbonyl (C=O) groups excluding carboxylic acids is 3. The third-order valence-corrected chi connectivity index (χ3v) is 6.06. The standard InChI is InChI=1S/C18H24N4O6/c1-8-12(20-4-3-5-23)15(25)11-9(7-28-17(19)26)18(27-2)16-10(21-16)6-22(18)13(11)14(8)24/h9-10,16,20-21,23H,3-7H2,1-2H3,(H2,19,26). The van der Waals surface area contributed by atoms with Gasteiger partial charge in [0.15, 0.2) is 5.72 Å². The molecule has 0 bridgehead atoms. The molecule has 10 heteroatoms. The first-order valence-corrected chi connectivity index (χ1v) is 9.28. The number of aliphatic hydroxyl groups is 1. The summed E-state index contributed by atoms with van der Waals surface area (Å²) in [6, 6.07) is 0.0811. The number of ketones is 2. The molecule has 5 N–H and O–H groups in total. The molecule has 2 fully saturated rings. The summed E-state index contributed by atoms with van der Waals surface area (Å²) in [5, 5.41) is 15.3. The van der Waals surface area contributed by atoms with E-state index in [-0.39, 0.29) is 48.1 Å². The van der Waals surface area contributed by atoms with Crippen molar-refractivity contribution < 1.29 is 29.0 Å². The van der Waals surface area contributed by atoms with Crippen molar-refractivity contribution in [1.82, 2.24) is 15.5 Å². The highest BCUT2D eigenvalue weighted by Gasteiger charge is 2.72. The topological polar surface area (TPSA) is 153 Å². The minimum absolute atomic E-state index is 0.0280. The van der Waals surface area contributed by atoms with Crippen LogP contribution in [0.5, 0.6) is 0 Å². The molecule has 2 saturated heterocycles. The molecule has 3 aliphatic heterocycles. The number of ether oxygens (including phenoxy) is 2. The monoisotopic (exact) mass is 392 g/mol. The molecule has 10 nitrogen and oxygen atoms in total. The Labute approximate surface area is 161 Å². The Morgan fingerprint density at radius 3 is 2.82 bits per heavy atom. The summed E-state index contributed by atoms with van der Waals surface area (Å²) in [5.74, 6) is -1.21. The van der Waals surface area contributed by atoms with Gasteiger partial charge in [0.1, 0.15) is 6.61 Å². The molecule has 0 saturated carbocycles. The van der Waals surface area contributed by atoms with Crippen molar-refractivity contribution in [2.24, 2.45) is 11.7 Å². The van der Waals surface area contributed by atoms with E-state index in [1.54, 1.807) is 6.92 Å². The lowest BCUT2D eigenvalue weighted by Crippen LogP contribution is -2.55. The maximum absolute atomic E-state index is 13.4. The van der Waals surface area contributed by atoms with Crippen LogP contribution in [0.1, 0.15) is 13.3 Å². The SMILES string of the molecule is COC12C(COC(N)=O)C3=C(C(=O)C(C)=C(NCCCO)C3=O)N1CC1NC12. The number of aliphatic hydroxyl groups excluding tert-OH is 1. The summed E-state index contributed by atoms with van der Waals surface area (Å²) >= 11 is 0. The van der Waals surface area contributed by atoms with Gasteiger partial charge in [0.2, 0.25) is 11.6 Å². The summed E-state index contributed by atoms with van der Waals surface area (Å²) in [7, 11) is 1.53. The molecule has 4 aliphatic rings. The molecule has 28 heavy (non-hydrogen) atoms. The number of fused-ring (bicyclic) bond motifs is 4. The van der Waals surface area contributed by atoms with Crippen LogP contribution in [0, 0.1) is 5.92 Å². The van der Waals surface area contributed by atoms with Gasteiger partial charge in [0, 0.05) is 44.0 Å². The number of nitrogens with one attached hydrogen (secondary N) is 2. The van der Waals surface area contributed by atoms with Crippen LogP contribution in [-0.4, -0.2) is 78.9 Å². The van der Waals surface area contributed by atoms with E-state index in [0.717, 1.165) is 0 Å². The zero-order valence-corrected chi connectivity index (χ0v) is 15.8. The second kappa shape index (κ2) is 6.57. The highest BCUT2D eigenvalue weighted by molar-refractivity contribution is 6.25. The smallest absolute Gasteiger partial charge is 0.404 e. The van der Waals surface area contributed by atoms with Gasteiger partial charge in [-0.2, -0.15) is 0 Å². The summed E-state index contributed by atoms with van der Waals surface area (Å²) in [6.07, 6.45) is -0.507. The first-order chi connectivity index (χ1) is 13.4. The van der Waals surface area contributed by atoms with Crippen LogP contribution in [0.3, 0.4) is 0 Å². The summed E-state index contributed by atoms with van der Waals surface area (Å²) in [4.78, 5) is 39.6. The fraction of sp³-hybridized carbons (Fsp3) is 0.611. The third-order valence-electron chi connectivity index (χ3n) is 6.06. The Bertz CT molecular complexity index is 821. The molecule has 4 unspecified atom stereocenters. The fourth-order valence-corrected chi connectivity index (χ4v) is 4.80. The van der Waals surface area contributed by atoms with E-state index in [1.807, 2.05) is 4.90 Å². The van der Waals surface area contributed by atoms with Gasteiger partial charge in [0.05, 0.1) is 23.4 Å². The Morgan fingerprint density at radius 2 is 2.18 bits per heavy atom. The van der Waals surface area contributed by atoms with Gasteiger partial charge in [-0.15, -0.1) is 0 Å². The van der Waals surface area contributed by atoms with Crippen LogP contribution in [-0.2, 0) is 19.1 Å². The van der Waals surface area contributed by atoms with Crippen LogP contribution in [0.25, 0.3) is 0 Å². The molecule has 0 aromatic heterocycles. The predicted molar refractivity (Wildman–Crippen MR) is 95.6 cm³/mol. The van der Waals surface area contributed by atoms with Crippen molar-refractivity contribution in [2.45, 2.75) is 31.2 Å². The predicted octanol–water partition coefficient (Wildman–Crippen LogP) is -1.64. The molecular formula is C18H24N4O6. The molecule has 0 spiro atoms. The van der Waals surface area contributed by atoms with Gasteiger partial charge in [-0.1, -0.05) is 0 Å². The van der Waals surface area contributed by atoms with E-state index in [0.29, 0.717) is 30.8 Å². The first kappa shape index (κ1) is 18.9. The van der Waals surface area contributed by atoms with Crippen LogP contribution in [0.2, 0.25) is 0 Å². The average Bonchev–Trinajstić information content (AvgIpc) is 3.27. The second-order valence-electron chi connectivity index (χ2n) is 7.42. The number of Topliss-reactive ketones (excluding diaryl/α,β-unsaturated/α-hetero) is 2. The lowest BCUT2D eigenvalue weighted by Gasteiger charge is -2.39. The van der Waals surface area contributed by atoms with Gasteiger partial charge in [-0.25, -0.2) is 4.79 Å². The summed E-state index contributed by atoms with van der Waals surface area (Å²) in [5.41, 5.74) is 5.34. The average molecular weight is 392 g/mol. The highest BCUT2D eigenvalue weighted by Crippen LogP contribution is 2.55. The molecule has 4 rings (SSSR count). The van der Waals surface area contributed by atoms with Crippen molar-refractivity contribution >= 4 is 17.7 Å². The Hall–Kier alpha value is -2.43. The molecule has 3 heterocycles. The van der Waals surface area contributed by atoms with Gasteiger partial charge in [-0.05, 0) is 13.3 Å². The summed E-state index contributed by atoms with van der Waals surface area (Å²) in [6.45, 7) is 2.32. The first-order valence-electron chi connectivity index (χ1n) is 9.28. The Morgan fingerprint density at radius 1 is 1.43 bits per heavy atom. The minimum atomic E-state index is -0.975. The van der Waals surface area contributed by atoms with Gasteiger partial charge < -0.3 is 35.8 Å². The zero-order chi connectivity index (χ0) is 20.2. The quantitative estimate of drug-likeness (QED) is 0.227. The molecule has 0 aromatic carbocycles. The van der Waals surface area contributed by atoms with Gasteiger partial charge in [-0.3, -0.25) is 9.59 Å². The van der Waals surface area contributed by atoms with E-state index in [4.69, 9.17) is 20.3 Å². The largest absolute Gasteiger partial charge is 0.449 e. The number of carbonyl (C=O) groups is 3. The van der Waals surface area contributed by atoms with Gasteiger partial charge in [0.25, 0.3) is 0 Å². The van der Waals surface area contributed by atoms with E-state index < -0.39 is 17.7 Å². The number of piperazine rings is 1. The number of nitrogens with zero attached hydrogens (tertiary/aromatic N) is 1. The van der Waals surface area contributed by atoms with E-state index in [1.165, 1.54) is 7.11 Å². The molecule has 4 atom stereocenters. The van der Waals surface area contributed by atoms with Crippen molar-refractivity contribution in [1.29, 1.82) is 0 Å². The molecule has 0 aromatic rings. The molecular weight excluding hydrogens is 368 g/mol. The lowest BCUT2D eigenvalue weighted by atomic mass is 9.82. The highest BCUT2D eigenvalue weighted by atomic mass is 16.6. The van der Waals surface area contributed by atoms with Crippen molar-refractivity contribution in [3.63, 3.8) is 0 Å². The normalized spacial score (nSPS) is 33.1. The Kier molecular flexibility index (Phi) is 4.44. The van der Waals surface area contributed by atoms with Crippen LogP contribution >= 0.6 is 0 Å². The van der Waals surface area contributed by atoms with E-state index >= 15 is 0 Å². The number of allylic oxidation sites excluding steroid dienone is 2. The van der Waals surface area contributed by atoms with E-state index in [2.05, 4.69) is 10.6 Å². The number of primary amides is 1. The fourth-order valence-electron chi connectivity index (χ4n) is 4.80. The zero-order valence-electron chi connectivity index (χ0n) is 15.8. The van der Waals surface area contributed by atoms with Gasteiger partial charge >= 0.3 is 6.09 Å². The number of rotatable bonds is 7. The van der Waals surface area contributed by atoms with Crippen molar-refractivity contribution in [2.75, 3.05) is 33.4 Å². The number of hydrogen-bond donors (Lipinski definition) is 4. The van der Waals surface area contributed by atoms with Crippen LogP contribution in [0.4, 0.5) is 4.79 Å². The van der Waals surface area contributed by atoms with Crippen molar-refractivity contribution in [3.8, 4) is 0 Å². The third kappa shape index (κ3) is 2.41. The summed E-state index contributed by atoms with van der Waals surface area (Å²) < 4.78 is 11.0. The maximum atomic E-state index is 13.4. The van der Waals surface area contributed by atoms with Crippen molar-refractivity contribution in [3.05, 3.63) is 22.5 Å². The second-order valence-corrected chi connectivity index (χ2v) is 7.42. The van der Waals surface area contributed by atoms with Crippen LogP contribution < -0.4 is 16.4 Å². The number of methoxy groups -OCH3 is 1. The van der Waals surface area contributed by atoms with Crippen LogP contribution in [0.15, 0.2) is 22.5 Å². The number of amides is 1. The number of nitrogens with two attached hydrogens (primary N) is 1. The minimum Gasteiger partial charge on any atom is -0.449 e. The maximum Gasteiger partial charge on any atom is 0.404 e. The molecule has 1 amide bonds. The Balaban J connectivity index is 1.74. The molecule has 152 valence electrons. The van der Waals surface area contributed by atoms with E-state index in [9.17, 15) is 14.4 Å². The lowest BCUT2D eigenvalue weighted by molar-refractivity contribution is -0.137. The molecule has 0 radical (unpaired) electrons. The molecule has 1 aliphatic carbocycles. The number of hydrogen-bond acceptors (Lipinski definition) is 9.